The van der Waals surface area contributed by atoms with E-state index in [0.29, 0.717) is 41.2 Å². The largest absolute Gasteiger partial charge is 0.473 e. The second-order valence-corrected chi connectivity index (χ2v) is 8.98. The lowest BCUT2D eigenvalue weighted by Crippen LogP contribution is -2.50. The molecular weight excluding hydrogens is 430 g/mol. The summed E-state index contributed by atoms with van der Waals surface area (Å²) in [5.41, 5.74) is 1.91. The van der Waals surface area contributed by atoms with E-state index in [2.05, 4.69) is 20.1 Å². The first-order valence-corrected chi connectivity index (χ1v) is 11.1. The summed E-state index contributed by atoms with van der Waals surface area (Å²) in [6.45, 7) is 14.0. The molecule has 0 radical (unpaired) electrons. The van der Waals surface area contributed by atoms with Gasteiger partial charge in [-0.25, -0.2) is 19.6 Å². The molecule has 2 aliphatic rings. The van der Waals surface area contributed by atoms with E-state index >= 15 is 0 Å². The van der Waals surface area contributed by atoms with Crippen LogP contribution in [0.25, 0.3) is 4.85 Å². The fourth-order valence-electron chi connectivity index (χ4n) is 4.40. The summed E-state index contributed by atoms with van der Waals surface area (Å²) in [7, 11) is 0. The van der Waals surface area contributed by atoms with Gasteiger partial charge < -0.3 is 19.7 Å². The van der Waals surface area contributed by atoms with Crippen LogP contribution < -0.4 is 10.1 Å². The van der Waals surface area contributed by atoms with E-state index in [1.165, 1.54) is 6.33 Å². The van der Waals surface area contributed by atoms with Gasteiger partial charge >= 0.3 is 6.09 Å². The number of benzene rings is 1. The molecule has 168 valence electrons. The average molecular weight is 456 g/mol. The molecule has 2 unspecified atom stereocenters. The fourth-order valence-corrected chi connectivity index (χ4v) is 4.62. The van der Waals surface area contributed by atoms with Crippen molar-refractivity contribution in [1.82, 2.24) is 14.9 Å². The van der Waals surface area contributed by atoms with Crippen molar-refractivity contribution in [2.45, 2.75) is 45.8 Å². The molecule has 1 saturated carbocycles. The number of ether oxygens (including phenoxy) is 2. The van der Waals surface area contributed by atoms with Gasteiger partial charge in [-0.15, -0.1) is 0 Å². The first-order valence-electron chi connectivity index (χ1n) is 10.7. The minimum atomic E-state index is -0.249. The van der Waals surface area contributed by atoms with E-state index in [4.69, 9.17) is 27.6 Å². The molecule has 2 aromatic rings. The minimum absolute atomic E-state index is 0.00101. The molecule has 2 fully saturated rings. The van der Waals surface area contributed by atoms with Crippen LogP contribution in [0.1, 0.15) is 32.3 Å². The first-order chi connectivity index (χ1) is 15.4. The Morgan fingerprint density at radius 3 is 2.62 bits per heavy atom. The number of amides is 1. The highest BCUT2D eigenvalue weighted by atomic mass is 35.5. The quantitative estimate of drug-likeness (QED) is 0.610. The number of hydrogen-bond acceptors (Lipinski definition) is 6. The maximum Gasteiger partial charge on any atom is 0.410 e. The van der Waals surface area contributed by atoms with Gasteiger partial charge in [0.2, 0.25) is 5.88 Å². The van der Waals surface area contributed by atoms with Gasteiger partial charge in [-0.3, -0.25) is 0 Å². The number of nitrogens with zero attached hydrogens (tertiary/aromatic N) is 4. The van der Waals surface area contributed by atoms with Crippen LogP contribution in [0.2, 0.25) is 5.02 Å². The van der Waals surface area contributed by atoms with Crippen LogP contribution in [0.15, 0.2) is 24.5 Å². The van der Waals surface area contributed by atoms with Crippen molar-refractivity contribution in [1.29, 1.82) is 0 Å². The molecule has 4 rings (SSSR count). The SMILES string of the molecule is [C-]#[N+]c1ccc(Nc2ncnc(OC3C4CCC3CN(C(=O)OC(C)C)C4)c2C)c(Cl)c1. The zero-order valence-electron chi connectivity index (χ0n) is 18.3. The zero-order valence-corrected chi connectivity index (χ0v) is 19.1. The van der Waals surface area contributed by atoms with Gasteiger partial charge in [-0.05, 0) is 45.7 Å². The smallest absolute Gasteiger partial charge is 0.410 e. The van der Waals surface area contributed by atoms with Gasteiger partial charge in [-0.1, -0.05) is 17.7 Å². The van der Waals surface area contributed by atoms with Crippen LogP contribution >= 0.6 is 11.6 Å². The Morgan fingerprint density at radius 2 is 2.00 bits per heavy atom. The zero-order chi connectivity index (χ0) is 22.8. The van der Waals surface area contributed by atoms with Gasteiger partial charge in [0.25, 0.3) is 0 Å². The van der Waals surface area contributed by atoms with E-state index in [-0.39, 0.29) is 30.1 Å². The van der Waals surface area contributed by atoms with Crippen molar-refractivity contribution >= 4 is 34.9 Å². The number of likely N-dealkylation sites (tertiary alicyclic amines) is 1. The monoisotopic (exact) mass is 455 g/mol. The number of piperidine rings is 1. The number of rotatable bonds is 5. The van der Waals surface area contributed by atoms with Crippen molar-refractivity contribution in [3.8, 4) is 5.88 Å². The third-order valence-electron chi connectivity index (χ3n) is 5.96. The Labute approximate surface area is 192 Å². The van der Waals surface area contributed by atoms with Gasteiger partial charge in [0.15, 0.2) is 5.69 Å². The summed E-state index contributed by atoms with van der Waals surface area (Å²) in [6, 6.07) is 5.06. The predicted molar refractivity (Wildman–Crippen MR) is 122 cm³/mol. The second-order valence-electron chi connectivity index (χ2n) is 8.57. The summed E-state index contributed by atoms with van der Waals surface area (Å²) >= 11 is 6.30. The highest BCUT2D eigenvalue weighted by Crippen LogP contribution is 2.40. The number of nitrogens with one attached hydrogen (secondary N) is 1. The third-order valence-corrected chi connectivity index (χ3v) is 6.28. The topological polar surface area (TPSA) is 80.9 Å². The van der Waals surface area contributed by atoms with E-state index in [1.807, 2.05) is 20.8 Å². The van der Waals surface area contributed by atoms with Crippen LogP contribution in [-0.2, 0) is 4.74 Å². The molecule has 1 saturated heterocycles. The van der Waals surface area contributed by atoms with Crippen molar-refractivity contribution in [3.05, 3.63) is 46.5 Å². The number of fused-ring (bicyclic) bond motifs is 2. The molecule has 32 heavy (non-hydrogen) atoms. The Morgan fingerprint density at radius 1 is 1.28 bits per heavy atom. The summed E-state index contributed by atoms with van der Waals surface area (Å²) in [5.74, 6) is 1.61. The van der Waals surface area contributed by atoms with Crippen molar-refractivity contribution in [3.63, 3.8) is 0 Å². The molecule has 8 nitrogen and oxygen atoms in total. The molecule has 2 atom stereocenters. The number of anilines is 2. The molecule has 0 spiro atoms. The Balaban J connectivity index is 1.47. The molecule has 2 heterocycles. The summed E-state index contributed by atoms with van der Waals surface area (Å²) in [5, 5.41) is 3.65. The Kier molecular flexibility index (Phi) is 6.38. The maximum atomic E-state index is 12.3. The van der Waals surface area contributed by atoms with Gasteiger partial charge in [-0.2, -0.15) is 0 Å². The highest BCUT2D eigenvalue weighted by molar-refractivity contribution is 6.33. The molecule has 2 bridgehead atoms. The lowest BCUT2D eigenvalue weighted by Gasteiger charge is -2.37. The van der Waals surface area contributed by atoms with Gasteiger partial charge in [0.05, 0.1) is 28.9 Å². The molecule has 1 aliphatic carbocycles. The lowest BCUT2D eigenvalue weighted by atomic mass is 9.95. The number of hydrogen-bond donors (Lipinski definition) is 1. The average Bonchev–Trinajstić information content (AvgIpc) is 2.98. The normalized spacial score (nSPS) is 21.9. The third kappa shape index (κ3) is 4.58. The lowest BCUT2D eigenvalue weighted by molar-refractivity contribution is 0.0152. The molecule has 1 N–H and O–H groups in total. The maximum absolute atomic E-state index is 12.3. The number of halogens is 1. The summed E-state index contributed by atoms with van der Waals surface area (Å²) in [6.07, 6.45) is 3.11. The van der Waals surface area contributed by atoms with Crippen LogP contribution in [-0.4, -0.2) is 46.3 Å². The van der Waals surface area contributed by atoms with Gasteiger partial charge in [0, 0.05) is 24.9 Å². The molecule has 9 heteroatoms. The fraction of sp³-hybridized carbons (Fsp3) is 0.478. The predicted octanol–water partition coefficient (Wildman–Crippen LogP) is 5.37. The molecular formula is C23H26ClN5O3. The number of carbonyl (C=O) groups is 1. The standard InChI is InChI=1S/C23H26ClN5O3/c1-13(2)31-23(30)29-10-15-5-6-16(11-29)20(15)32-22-14(3)21(26-12-27-22)28-19-8-7-17(25-4)9-18(19)24/h7-9,12-13,15-16,20H,5-6,10-11H2,1-3H3,(H,26,27,28). The summed E-state index contributed by atoms with van der Waals surface area (Å²) in [4.78, 5) is 26.2. The Hall–Kier alpha value is -3.05. The summed E-state index contributed by atoms with van der Waals surface area (Å²) < 4.78 is 11.8. The van der Waals surface area contributed by atoms with Gasteiger partial charge in [0.1, 0.15) is 18.2 Å². The molecule has 1 aliphatic heterocycles. The number of carbonyl (C=O) groups excluding carboxylic acids is 1. The van der Waals surface area contributed by atoms with E-state index in [9.17, 15) is 4.79 Å². The van der Waals surface area contributed by atoms with Crippen molar-refractivity contribution in [2.24, 2.45) is 11.8 Å². The minimum Gasteiger partial charge on any atom is -0.473 e. The van der Waals surface area contributed by atoms with Crippen molar-refractivity contribution < 1.29 is 14.3 Å². The number of aromatic nitrogens is 2. The molecule has 1 aromatic carbocycles. The molecule has 1 aromatic heterocycles. The van der Waals surface area contributed by atoms with Crippen molar-refractivity contribution in [2.75, 3.05) is 18.4 Å². The first kappa shape index (κ1) is 22.2. The van der Waals surface area contributed by atoms with E-state index in [1.54, 1.807) is 23.1 Å². The second kappa shape index (κ2) is 9.21. The van der Waals surface area contributed by atoms with Crippen LogP contribution in [0.3, 0.4) is 0 Å². The molecule has 1 amide bonds. The highest BCUT2D eigenvalue weighted by Gasteiger charge is 2.45. The van der Waals surface area contributed by atoms with E-state index < -0.39 is 0 Å². The van der Waals surface area contributed by atoms with Crippen LogP contribution in [0.4, 0.5) is 22.0 Å². The van der Waals surface area contributed by atoms with Crippen LogP contribution in [0.5, 0.6) is 5.88 Å². The van der Waals surface area contributed by atoms with Crippen LogP contribution in [0, 0.1) is 25.3 Å². The van der Waals surface area contributed by atoms with E-state index in [0.717, 1.165) is 18.4 Å². The Bertz CT molecular complexity index is 1040.